The summed E-state index contributed by atoms with van der Waals surface area (Å²) in [6.45, 7) is 2.01. The Morgan fingerprint density at radius 2 is 2.08 bits per heavy atom. The average molecular weight is 160 g/mol. The first-order valence-electron chi connectivity index (χ1n) is 3.81. The first kappa shape index (κ1) is 8.65. The molecule has 0 aliphatic carbocycles. The summed E-state index contributed by atoms with van der Waals surface area (Å²) in [6.07, 6.45) is 3.11. The second-order valence-corrected chi connectivity index (χ2v) is 2.66. The molecular weight excluding hydrogens is 148 g/mol. The van der Waals surface area contributed by atoms with Gasteiger partial charge in [-0.2, -0.15) is 0 Å². The fraction of sp³-hybridized carbons (Fsp3) is 0.200. The van der Waals surface area contributed by atoms with Crippen LogP contribution in [-0.4, -0.2) is 19.5 Å². The summed E-state index contributed by atoms with van der Waals surface area (Å²) in [5.41, 5.74) is 3.08. The average Bonchev–Trinajstić information content (AvgIpc) is 2.08. The normalized spacial score (nSPS) is 10.5. The number of rotatable bonds is 2. The minimum absolute atomic E-state index is 0.917. The largest absolute Gasteiger partial charge is 0.308 e. The van der Waals surface area contributed by atoms with Gasteiger partial charge in [-0.1, -0.05) is 17.7 Å². The number of nitrogens with one attached hydrogen (secondary N) is 1. The quantitative estimate of drug-likeness (QED) is 0.643. The molecule has 0 heterocycles. The van der Waals surface area contributed by atoms with Gasteiger partial charge < -0.3 is 5.41 Å². The van der Waals surface area contributed by atoms with Crippen molar-refractivity contribution in [1.82, 2.24) is 0 Å². The molecule has 0 fully saturated rings. The Morgan fingerprint density at radius 3 is 2.67 bits per heavy atom. The molecule has 2 heteroatoms. The molecule has 0 aliphatic heterocycles. The van der Waals surface area contributed by atoms with Crippen molar-refractivity contribution in [2.24, 2.45) is 4.99 Å². The van der Waals surface area contributed by atoms with E-state index in [4.69, 9.17) is 5.41 Å². The van der Waals surface area contributed by atoms with Crippen molar-refractivity contribution >= 4 is 12.4 Å². The third kappa shape index (κ3) is 1.78. The van der Waals surface area contributed by atoms with Gasteiger partial charge in [-0.25, -0.2) is 0 Å². The van der Waals surface area contributed by atoms with E-state index < -0.39 is 0 Å². The number of benzene rings is 1. The molecule has 0 amide bonds. The van der Waals surface area contributed by atoms with Crippen molar-refractivity contribution in [1.29, 1.82) is 5.41 Å². The van der Waals surface area contributed by atoms with E-state index in [9.17, 15) is 0 Å². The number of nitrogens with zero attached hydrogens (tertiary/aromatic N) is 1. The molecule has 62 valence electrons. The van der Waals surface area contributed by atoms with Crippen LogP contribution in [-0.2, 0) is 0 Å². The molecule has 0 saturated carbocycles. The summed E-state index contributed by atoms with van der Waals surface area (Å²) in [6, 6.07) is 5.97. The summed E-state index contributed by atoms with van der Waals surface area (Å²) >= 11 is 0. The zero-order valence-electron chi connectivity index (χ0n) is 7.33. The van der Waals surface area contributed by atoms with Crippen LogP contribution < -0.4 is 0 Å². The van der Waals surface area contributed by atoms with E-state index >= 15 is 0 Å². The lowest BCUT2D eigenvalue weighted by Gasteiger charge is -1.99. The molecule has 1 aromatic rings. The zero-order chi connectivity index (χ0) is 8.97. The monoisotopic (exact) mass is 160 g/mol. The van der Waals surface area contributed by atoms with Gasteiger partial charge in [0.2, 0.25) is 0 Å². The van der Waals surface area contributed by atoms with Gasteiger partial charge in [-0.3, -0.25) is 4.99 Å². The summed E-state index contributed by atoms with van der Waals surface area (Å²) in [5, 5.41) is 7.17. The van der Waals surface area contributed by atoms with Gasteiger partial charge in [0.25, 0.3) is 0 Å². The highest BCUT2D eigenvalue weighted by atomic mass is 14.6. The molecule has 2 nitrogen and oxygen atoms in total. The number of hydrogen-bond donors (Lipinski definition) is 1. The number of hydrogen-bond acceptors (Lipinski definition) is 2. The van der Waals surface area contributed by atoms with Crippen LogP contribution in [0.3, 0.4) is 0 Å². The van der Waals surface area contributed by atoms with Gasteiger partial charge in [0, 0.05) is 30.6 Å². The Morgan fingerprint density at radius 1 is 1.33 bits per heavy atom. The lowest BCUT2D eigenvalue weighted by atomic mass is 10.1. The lowest BCUT2D eigenvalue weighted by Crippen LogP contribution is -1.91. The van der Waals surface area contributed by atoms with Gasteiger partial charge in [-0.15, -0.1) is 0 Å². The molecule has 0 unspecified atom stereocenters. The third-order valence-electron chi connectivity index (χ3n) is 1.67. The van der Waals surface area contributed by atoms with Crippen LogP contribution >= 0.6 is 0 Å². The Hall–Kier alpha value is -1.44. The van der Waals surface area contributed by atoms with Crippen LogP contribution in [0, 0.1) is 12.3 Å². The fourth-order valence-corrected chi connectivity index (χ4v) is 1.08. The fourth-order valence-electron chi connectivity index (χ4n) is 1.08. The Bertz CT molecular complexity index is 314. The molecule has 0 atom stereocenters. The molecule has 1 rings (SSSR count). The van der Waals surface area contributed by atoms with Crippen LogP contribution in [0.5, 0.6) is 0 Å². The van der Waals surface area contributed by atoms with E-state index in [0.29, 0.717) is 0 Å². The summed E-state index contributed by atoms with van der Waals surface area (Å²) < 4.78 is 0. The van der Waals surface area contributed by atoms with Gasteiger partial charge in [0.05, 0.1) is 0 Å². The predicted molar refractivity (Wildman–Crippen MR) is 52.6 cm³/mol. The van der Waals surface area contributed by atoms with Crippen molar-refractivity contribution in [3.63, 3.8) is 0 Å². The Labute approximate surface area is 72.5 Å². The maximum absolute atomic E-state index is 7.17. The highest BCUT2D eigenvalue weighted by molar-refractivity contribution is 5.93. The maximum atomic E-state index is 7.17. The van der Waals surface area contributed by atoms with E-state index in [1.165, 1.54) is 11.8 Å². The topological polar surface area (TPSA) is 36.2 Å². The van der Waals surface area contributed by atoms with Crippen LogP contribution in [0.25, 0.3) is 0 Å². The third-order valence-corrected chi connectivity index (χ3v) is 1.67. The van der Waals surface area contributed by atoms with Crippen molar-refractivity contribution < 1.29 is 0 Å². The van der Waals surface area contributed by atoms with Gasteiger partial charge in [-0.05, 0) is 13.0 Å². The minimum Gasteiger partial charge on any atom is -0.308 e. The molecular formula is C10H12N2. The number of aryl methyl sites for hydroxylation is 1. The first-order valence-corrected chi connectivity index (χ1v) is 3.81. The van der Waals surface area contributed by atoms with Crippen LogP contribution in [0.4, 0.5) is 0 Å². The molecule has 0 saturated heterocycles. The lowest BCUT2D eigenvalue weighted by molar-refractivity contribution is 1.42. The SMILES string of the molecule is CN=Cc1ccc(C)cc1C=N. The summed E-state index contributed by atoms with van der Waals surface area (Å²) in [4.78, 5) is 3.92. The molecule has 1 aromatic carbocycles. The minimum atomic E-state index is 0.917. The predicted octanol–water partition coefficient (Wildman–Crippen LogP) is 2.04. The van der Waals surface area contributed by atoms with E-state index in [0.717, 1.165) is 11.1 Å². The first-order chi connectivity index (χ1) is 5.77. The smallest absolute Gasteiger partial charge is 0.0287 e. The molecule has 0 aliphatic rings. The molecule has 0 aromatic heterocycles. The van der Waals surface area contributed by atoms with Crippen LogP contribution in [0.15, 0.2) is 23.2 Å². The van der Waals surface area contributed by atoms with Crippen molar-refractivity contribution in [3.8, 4) is 0 Å². The van der Waals surface area contributed by atoms with E-state index in [1.54, 1.807) is 13.3 Å². The van der Waals surface area contributed by atoms with Crippen molar-refractivity contribution in [2.75, 3.05) is 7.05 Å². The van der Waals surface area contributed by atoms with E-state index in [-0.39, 0.29) is 0 Å². The summed E-state index contributed by atoms with van der Waals surface area (Å²) in [7, 11) is 1.73. The van der Waals surface area contributed by atoms with Gasteiger partial charge in [0.1, 0.15) is 0 Å². The van der Waals surface area contributed by atoms with Crippen molar-refractivity contribution in [2.45, 2.75) is 6.92 Å². The standard InChI is InChI=1S/C10H12N2/c1-8-3-4-9(7-12-2)10(5-8)6-11/h3-7,11H,1-2H3. The second kappa shape index (κ2) is 3.81. The van der Waals surface area contributed by atoms with E-state index in [2.05, 4.69) is 4.99 Å². The molecule has 0 spiro atoms. The highest BCUT2D eigenvalue weighted by Crippen LogP contribution is 2.07. The maximum Gasteiger partial charge on any atom is 0.0287 e. The molecule has 12 heavy (non-hydrogen) atoms. The van der Waals surface area contributed by atoms with Crippen LogP contribution in [0.2, 0.25) is 0 Å². The van der Waals surface area contributed by atoms with Gasteiger partial charge in [0.15, 0.2) is 0 Å². The van der Waals surface area contributed by atoms with Crippen molar-refractivity contribution in [3.05, 3.63) is 34.9 Å². The van der Waals surface area contributed by atoms with E-state index in [1.807, 2.05) is 25.1 Å². The molecule has 0 bridgehead atoms. The Balaban J connectivity index is 3.19. The Kier molecular flexibility index (Phi) is 2.75. The summed E-state index contributed by atoms with van der Waals surface area (Å²) in [5.74, 6) is 0. The highest BCUT2D eigenvalue weighted by Gasteiger charge is 1.95. The number of aliphatic imine (C=N–C) groups is 1. The molecule has 0 radical (unpaired) electrons. The molecule has 1 N–H and O–H groups in total. The zero-order valence-corrected chi connectivity index (χ0v) is 7.33. The second-order valence-electron chi connectivity index (χ2n) is 2.66. The van der Waals surface area contributed by atoms with Gasteiger partial charge >= 0.3 is 0 Å². The van der Waals surface area contributed by atoms with Crippen LogP contribution in [0.1, 0.15) is 16.7 Å².